The zero-order chi connectivity index (χ0) is 24.8. The van der Waals surface area contributed by atoms with Crippen LogP contribution in [0.3, 0.4) is 0 Å². The van der Waals surface area contributed by atoms with Gasteiger partial charge in [-0.15, -0.1) is 0 Å². The minimum absolute atomic E-state index is 0.140. The van der Waals surface area contributed by atoms with E-state index in [2.05, 4.69) is 12.2 Å². The topological polar surface area (TPSA) is 86.8 Å². The number of fused-ring (bicyclic) bond motifs is 1. The van der Waals surface area contributed by atoms with Gasteiger partial charge in [0.15, 0.2) is 0 Å². The van der Waals surface area contributed by atoms with Crippen LogP contribution in [0.2, 0.25) is 0 Å². The molecule has 0 radical (unpaired) electrons. The molecule has 1 fully saturated rings. The average molecular weight is 484 g/mol. The number of aryl methyl sites for hydroxylation is 1. The summed E-state index contributed by atoms with van der Waals surface area (Å²) in [7, 11) is -3.65. The molecule has 2 aromatic carbocycles. The van der Waals surface area contributed by atoms with Gasteiger partial charge in [-0.3, -0.25) is 9.59 Å². The van der Waals surface area contributed by atoms with E-state index in [9.17, 15) is 18.0 Å². The molecule has 4 rings (SSSR count). The molecule has 2 heterocycles. The van der Waals surface area contributed by atoms with Crippen LogP contribution in [0.15, 0.2) is 41.3 Å². The SMILES string of the molecule is Cc1cccc(NC(=O)CN2C(=O)C(C)(C)c3cc(S(=O)(=O)N4CCC[C@@H](C)C4)ccc32)c1C. The Bertz CT molecular complexity index is 1250. The van der Waals surface area contributed by atoms with Gasteiger partial charge in [-0.2, -0.15) is 4.31 Å². The lowest BCUT2D eigenvalue weighted by atomic mass is 9.86. The predicted molar refractivity (Wildman–Crippen MR) is 134 cm³/mol. The lowest BCUT2D eigenvalue weighted by Gasteiger charge is -2.30. The molecule has 2 aliphatic rings. The van der Waals surface area contributed by atoms with E-state index in [1.54, 1.807) is 36.4 Å². The second kappa shape index (κ2) is 8.82. The number of anilines is 2. The Morgan fingerprint density at radius 2 is 1.91 bits per heavy atom. The molecule has 2 amide bonds. The van der Waals surface area contributed by atoms with Crippen molar-refractivity contribution in [3.63, 3.8) is 0 Å². The Morgan fingerprint density at radius 1 is 1.18 bits per heavy atom. The highest BCUT2D eigenvalue weighted by atomic mass is 32.2. The molecule has 0 saturated carbocycles. The van der Waals surface area contributed by atoms with Crippen molar-refractivity contribution < 1.29 is 18.0 Å². The van der Waals surface area contributed by atoms with E-state index in [1.165, 1.54) is 4.90 Å². The van der Waals surface area contributed by atoms with E-state index in [0.717, 1.165) is 24.0 Å². The molecule has 0 aliphatic carbocycles. The molecular weight excluding hydrogens is 450 g/mol. The lowest BCUT2D eigenvalue weighted by Crippen LogP contribution is -2.40. The molecule has 0 aromatic heterocycles. The zero-order valence-electron chi connectivity index (χ0n) is 20.5. The van der Waals surface area contributed by atoms with Crippen LogP contribution in [0.1, 0.15) is 50.3 Å². The Kier molecular flexibility index (Phi) is 6.33. The molecule has 0 unspecified atom stereocenters. The Labute approximate surface area is 202 Å². The zero-order valence-corrected chi connectivity index (χ0v) is 21.3. The van der Waals surface area contributed by atoms with Gasteiger partial charge in [-0.1, -0.05) is 19.1 Å². The number of carbonyl (C=O) groups is 2. The Balaban J connectivity index is 1.61. The lowest BCUT2D eigenvalue weighted by molar-refractivity contribution is -0.124. The van der Waals surface area contributed by atoms with Crippen LogP contribution in [0.4, 0.5) is 11.4 Å². The maximum Gasteiger partial charge on any atom is 0.244 e. The Hall–Kier alpha value is -2.71. The number of benzene rings is 2. The summed E-state index contributed by atoms with van der Waals surface area (Å²) < 4.78 is 28.2. The molecule has 0 bridgehead atoms. The fourth-order valence-electron chi connectivity index (χ4n) is 4.86. The van der Waals surface area contributed by atoms with Crippen LogP contribution in [-0.2, 0) is 25.0 Å². The van der Waals surface area contributed by atoms with Crippen LogP contribution in [0, 0.1) is 19.8 Å². The van der Waals surface area contributed by atoms with Crippen molar-refractivity contribution in [3.05, 3.63) is 53.1 Å². The molecule has 1 saturated heterocycles. The largest absolute Gasteiger partial charge is 0.324 e. The van der Waals surface area contributed by atoms with Crippen LogP contribution >= 0.6 is 0 Å². The van der Waals surface area contributed by atoms with Gasteiger partial charge in [0.25, 0.3) is 0 Å². The van der Waals surface area contributed by atoms with Crippen LogP contribution in [-0.4, -0.2) is 44.2 Å². The van der Waals surface area contributed by atoms with E-state index >= 15 is 0 Å². The first-order valence-electron chi connectivity index (χ1n) is 11.8. The molecule has 34 heavy (non-hydrogen) atoms. The number of rotatable bonds is 5. The minimum Gasteiger partial charge on any atom is -0.324 e. The number of amides is 2. The van der Waals surface area contributed by atoms with E-state index in [0.29, 0.717) is 35.9 Å². The summed E-state index contributed by atoms with van der Waals surface area (Å²) in [5, 5.41) is 2.90. The Morgan fingerprint density at radius 3 is 2.62 bits per heavy atom. The fourth-order valence-corrected chi connectivity index (χ4v) is 6.49. The van der Waals surface area contributed by atoms with Crippen LogP contribution in [0.25, 0.3) is 0 Å². The summed E-state index contributed by atoms with van der Waals surface area (Å²) in [5.74, 6) is -0.202. The molecular formula is C26H33N3O4S. The summed E-state index contributed by atoms with van der Waals surface area (Å²) in [6.45, 7) is 10.4. The highest BCUT2D eigenvalue weighted by Gasteiger charge is 2.45. The van der Waals surface area contributed by atoms with Gasteiger partial charge in [0, 0.05) is 24.5 Å². The second-order valence-corrected chi connectivity index (χ2v) is 12.0. The van der Waals surface area contributed by atoms with E-state index in [1.807, 2.05) is 32.0 Å². The third-order valence-electron chi connectivity index (χ3n) is 7.15. The summed E-state index contributed by atoms with van der Waals surface area (Å²) in [4.78, 5) is 27.8. The van der Waals surface area contributed by atoms with Gasteiger partial charge >= 0.3 is 0 Å². The molecule has 8 heteroatoms. The molecule has 182 valence electrons. The van der Waals surface area contributed by atoms with Gasteiger partial charge < -0.3 is 10.2 Å². The minimum atomic E-state index is -3.65. The first-order valence-corrected chi connectivity index (χ1v) is 13.2. The number of nitrogens with zero attached hydrogens (tertiary/aromatic N) is 2. The summed E-state index contributed by atoms with van der Waals surface area (Å²) >= 11 is 0. The number of nitrogens with one attached hydrogen (secondary N) is 1. The average Bonchev–Trinajstić information content (AvgIpc) is 2.97. The maximum atomic E-state index is 13.3. The highest BCUT2D eigenvalue weighted by molar-refractivity contribution is 7.89. The first-order chi connectivity index (χ1) is 15.9. The van der Waals surface area contributed by atoms with Crippen LogP contribution in [0.5, 0.6) is 0 Å². The van der Waals surface area contributed by atoms with Gasteiger partial charge in [-0.25, -0.2) is 8.42 Å². The number of hydrogen-bond donors (Lipinski definition) is 1. The third kappa shape index (κ3) is 4.25. The number of sulfonamides is 1. The monoisotopic (exact) mass is 483 g/mol. The molecule has 7 nitrogen and oxygen atoms in total. The highest BCUT2D eigenvalue weighted by Crippen LogP contribution is 2.43. The summed E-state index contributed by atoms with van der Waals surface area (Å²) in [6.07, 6.45) is 1.87. The molecule has 1 N–H and O–H groups in total. The van der Waals surface area contributed by atoms with Gasteiger partial charge in [0.05, 0.1) is 10.3 Å². The van der Waals surface area contributed by atoms with Crippen molar-refractivity contribution in [3.8, 4) is 0 Å². The molecule has 1 atom stereocenters. The van der Waals surface area contributed by atoms with Crippen molar-refractivity contribution in [1.29, 1.82) is 0 Å². The van der Waals surface area contributed by atoms with Gasteiger partial charge in [0.2, 0.25) is 21.8 Å². The third-order valence-corrected chi connectivity index (χ3v) is 9.01. The summed E-state index contributed by atoms with van der Waals surface area (Å²) in [5.41, 5.74) is 3.04. The van der Waals surface area contributed by atoms with E-state index < -0.39 is 15.4 Å². The predicted octanol–water partition coefficient (Wildman–Crippen LogP) is 3.99. The first kappa shape index (κ1) is 24.4. The normalized spacial score (nSPS) is 20.3. The molecule has 2 aromatic rings. The molecule has 2 aliphatic heterocycles. The standard InChI is InChI=1S/C26H33N3O4S/c1-17-8-7-13-28(15-17)34(32,33)20-11-12-23-21(14-20)26(4,5)25(31)29(23)16-24(30)27-22-10-6-9-18(2)19(22)3/h6,9-12,14,17H,7-8,13,15-16H2,1-5H3,(H,27,30)/t17-/m1/s1. The van der Waals surface area contributed by atoms with Crippen molar-refractivity contribution >= 4 is 33.2 Å². The maximum absolute atomic E-state index is 13.3. The number of hydrogen-bond acceptors (Lipinski definition) is 4. The van der Waals surface area contributed by atoms with Crippen molar-refractivity contribution in [2.45, 2.75) is 57.8 Å². The van der Waals surface area contributed by atoms with Crippen molar-refractivity contribution in [1.82, 2.24) is 4.31 Å². The van der Waals surface area contributed by atoms with Crippen molar-refractivity contribution in [2.75, 3.05) is 29.9 Å². The number of piperidine rings is 1. The van der Waals surface area contributed by atoms with Crippen molar-refractivity contribution in [2.24, 2.45) is 5.92 Å². The number of carbonyl (C=O) groups excluding carboxylic acids is 2. The molecule has 0 spiro atoms. The quantitative estimate of drug-likeness (QED) is 0.697. The van der Waals surface area contributed by atoms with Gasteiger partial charge in [-0.05, 0) is 87.4 Å². The second-order valence-electron chi connectivity index (χ2n) is 10.1. The van der Waals surface area contributed by atoms with E-state index in [4.69, 9.17) is 0 Å². The van der Waals surface area contributed by atoms with Gasteiger partial charge in [0.1, 0.15) is 6.54 Å². The summed E-state index contributed by atoms with van der Waals surface area (Å²) in [6, 6.07) is 10.5. The fraction of sp³-hybridized carbons (Fsp3) is 0.462. The van der Waals surface area contributed by atoms with E-state index in [-0.39, 0.29) is 23.3 Å². The van der Waals surface area contributed by atoms with Crippen LogP contribution < -0.4 is 10.2 Å². The smallest absolute Gasteiger partial charge is 0.244 e.